The van der Waals surface area contributed by atoms with E-state index < -0.39 is 16.9 Å². The fourth-order valence-corrected chi connectivity index (χ4v) is 1.76. The molecule has 8 heteroatoms. The third-order valence-corrected chi connectivity index (χ3v) is 2.65. The van der Waals surface area contributed by atoms with Crippen molar-refractivity contribution in [3.05, 3.63) is 33.1 Å². The van der Waals surface area contributed by atoms with Crippen molar-refractivity contribution in [3.63, 3.8) is 0 Å². The van der Waals surface area contributed by atoms with Gasteiger partial charge in [-0.15, -0.1) is 0 Å². The normalized spacial score (nSPS) is 13.7. The standard InChI is InChI=1S/C11H14ClN3O4/c1-6(3-7(2)16)14-11(17)9-4-8(15(18)19)5-13-10(9)12/h4-7,16H,3H2,1-2H3,(H,14,17). The Morgan fingerprint density at radius 3 is 2.79 bits per heavy atom. The minimum Gasteiger partial charge on any atom is -0.393 e. The van der Waals surface area contributed by atoms with Crippen molar-refractivity contribution >= 4 is 23.2 Å². The Balaban J connectivity index is 2.87. The number of hydrogen-bond acceptors (Lipinski definition) is 5. The van der Waals surface area contributed by atoms with Crippen LogP contribution in [-0.2, 0) is 0 Å². The molecule has 1 amide bonds. The quantitative estimate of drug-likeness (QED) is 0.485. The highest BCUT2D eigenvalue weighted by Crippen LogP contribution is 2.19. The minimum atomic E-state index is -0.653. The van der Waals surface area contributed by atoms with E-state index in [0.717, 1.165) is 12.3 Å². The van der Waals surface area contributed by atoms with Gasteiger partial charge in [0.25, 0.3) is 11.6 Å². The Kier molecular flexibility index (Phi) is 5.20. The van der Waals surface area contributed by atoms with Crippen molar-refractivity contribution < 1.29 is 14.8 Å². The second kappa shape index (κ2) is 6.44. The molecule has 19 heavy (non-hydrogen) atoms. The second-order valence-corrected chi connectivity index (χ2v) is 4.61. The molecule has 0 radical (unpaired) electrons. The van der Waals surface area contributed by atoms with Crippen LogP contribution in [-0.4, -0.2) is 33.1 Å². The van der Waals surface area contributed by atoms with E-state index in [-0.39, 0.29) is 22.4 Å². The first-order valence-corrected chi connectivity index (χ1v) is 5.98. The van der Waals surface area contributed by atoms with Crippen LogP contribution in [0.15, 0.2) is 12.3 Å². The number of nitro groups is 1. The number of carbonyl (C=O) groups excluding carboxylic acids is 1. The molecule has 0 fully saturated rings. The van der Waals surface area contributed by atoms with Gasteiger partial charge in [0.15, 0.2) is 0 Å². The summed E-state index contributed by atoms with van der Waals surface area (Å²) in [4.78, 5) is 25.5. The molecule has 0 aliphatic carbocycles. The second-order valence-electron chi connectivity index (χ2n) is 4.25. The topological polar surface area (TPSA) is 105 Å². The monoisotopic (exact) mass is 287 g/mol. The number of amides is 1. The predicted molar refractivity (Wildman–Crippen MR) is 69.1 cm³/mol. The number of aliphatic hydroxyl groups excluding tert-OH is 1. The molecule has 1 aromatic rings. The van der Waals surface area contributed by atoms with E-state index in [4.69, 9.17) is 11.6 Å². The summed E-state index contributed by atoms with van der Waals surface area (Å²) < 4.78 is 0. The first-order chi connectivity index (χ1) is 8.81. The highest BCUT2D eigenvalue weighted by atomic mass is 35.5. The SMILES string of the molecule is CC(O)CC(C)NC(=O)c1cc([N+](=O)[O-])cnc1Cl. The van der Waals surface area contributed by atoms with Crippen LogP contribution in [0.3, 0.4) is 0 Å². The highest BCUT2D eigenvalue weighted by molar-refractivity contribution is 6.32. The summed E-state index contributed by atoms with van der Waals surface area (Å²) in [5, 5.41) is 22.3. The van der Waals surface area contributed by atoms with Crippen LogP contribution in [0.1, 0.15) is 30.6 Å². The molecular formula is C11H14ClN3O4. The molecule has 0 saturated heterocycles. The summed E-state index contributed by atoms with van der Waals surface area (Å²) >= 11 is 5.74. The zero-order valence-corrected chi connectivity index (χ0v) is 11.2. The van der Waals surface area contributed by atoms with Gasteiger partial charge in [0.2, 0.25) is 0 Å². The number of nitrogens with zero attached hydrogens (tertiary/aromatic N) is 2. The van der Waals surface area contributed by atoms with Gasteiger partial charge >= 0.3 is 0 Å². The number of aliphatic hydroxyl groups is 1. The van der Waals surface area contributed by atoms with Crippen molar-refractivity contribution in [2.45, 2.75) is 32.4 Å². The van der Waals surface area contributed by atoms with Crippen molar-refractivity contribution in [1.82, 2.24) is 10.3 Å². The molecule has 0 aliphatic rings. The van der Waals surface area contributed by atoms with Crippen molar-refractivity contribution in [1.29, 1.82) is 0 Å². The number of aromatic nitrogens is 1. The third-order valence-electron chi connectivity index (χ3n) is 2.35. The minimum absolute atomic E-state index is 0.0618. The predicted octanol–water partition coefficient (Wildman–Crippen LogP) is 1.53. The van der Waals surface area contributed by atoms with E-state index in [1.807, 2.05) is 0 Å². The lowest BCUT2D eigenvalue weighted by molar-refractivity contribution is -0.385. The van der Waals surface area contributed by atoms with E-state index in [9.17, 15) is 20.0 Å². The third kappa shape index (κ3) is 4.46. The maximum absolute atomic E-state index is 11.9. The van der Waals surface area contributed by atoms with Crippen LogP contribution < -0.4 is 5.32 Å². The van der Waals surface area contributed by atoms with Gasteiger partial charge in [-0.2, -0.15) is 0 Å². The Labute approximate surface area is 114 Å². The number of nitrogens with one attached hydrogen (secondary N) is 1. The fraction of sp³-hybridized carbons (Fsp3) is 0.455. The molecule has 1 heterocycles. The number of hydrogen-bond donors (Lipinski definition) is 2. The molecule has 2 unspecified atom stereocenters. The number of halogens is 1. The van der Waals surface area contributed by atoms with E-state index in [1.54, 1.807) is 13.8 Å². The zero-order chi connectivity index (χ0) is 14.6. The van der Waals surface area contributed by atoms with Gasteiger partial charge in [-0.1, -0.05) is 11.6 Å². The van der Waals surface area contributed by atoms with Gasteiger partial charge in [-0.3, -0.25) is 14.9 Å². The van der Waals surface area contributed by atoms with E-state index in [1.165, 1.54) is 0 Å². The highest BCUT2D eigenvalue weighted by Gasteiger charge is 2.19. The van der Waals surface area contributed by atoms with Gasteiger partial charge in [0, 0.05) is 12.1 Å². The largest absolute Gasteiger partial charge is 0.393 e. The average molecular weight is 288 g/mol. The van der Waals surface area contributed by atoms with Gasteiger partial charge in [0.1, 0.15) is 11.3 Å². The molecule has 2 N–H and O–H groups in total. The summed E-state index contributed by atoms with van der Waals surface area (Å²) in [6.45, 7) is 3.31. The summed E-state index contributed by atoms with van der Waals surface area (Å²) in [7, 11) is 0. The van der Waals surface area contributed by atoms with E-state index in [2.05, 4.69) is 10.3 Å². The lowest BCUT2D eigenvalue weighted by atomic mass is 10.1. The van der Waals surface area contributed by atoms with Crippen LogP contribution in [0.4, 0.5) is 5.69 Å². The van der Waals surface area contributed by atoms with Gasteiger partial charge < -0.3 is 10.4 Å². The molecule has 0 bridgehead atoms. The zero-order valence-electron chi connectivity index (χ0n) is 10.5. The molecular weight excluding hydrogens is 274 g/mol. The molecule has 7 nitrogen and oxygen atoms in total. The Bertz CT molecular complexity index is 493. The molecule has 2 atom stereocenters. The van der Waals surface area contributed by atoms with Gasteiger partial charge in [-0.25, -0.2) is 4.98 Å². The van der Waals surface area contributed by atoms with Crippen LogP contribution >= 0.6 is 11.6 Å². The molecule has 1 aromatic heterocycles. The van der Waals surface area contributed by atoms with Crippen molar-refractivity contribution in [3.8, 4) is 0 Å². The Morgan fingerprint density at radius 1 is 1.63 bits per heavy atom. The maximum Gasteiger partial charge on any atom is 0.288 e. The molecule has 0 aromatic carbocycles. The van der Waals surface area contributed by atoms with Gasteiger partial charge in [-0.05, 0) is 20.3 Å². The molecule has 104 valence electrons. The maximum atomic E-state index is 11.9. The molecule has 1 rings (SSSR count). The Hall–Kier alpha value is -1.73. The van der Waals surface area contributed by atoms with Crippen LogP contribution in [0.2, 0.25) is 5.15 Å². The van der Waals surface area contributed by atoms with Crippen LogP contribution in [0.25, 0.3) is 0 Å². The van der Waals surface area contributed by atoms with Crippen molar-refractivity contribution in [2.24, 2.45) is 0 Å². The summed E-state index contributed by atoms with van der Waals surface area (Å²) in [6.07, 6.45) is 0.790. The number of carbonyl (C=O) groups is 1. The fourth-order valence-electron chi connectivity index (χ4n) is 1.57. The average Bonchev–Trinajstić information content (AvgIpc) is 2.27. The summed E-state index contributed by atoms with van der Waals surface area (Å²) in [5.74, 6) is -0.561. The van der Waals surface area contributed by atoms with Crippen LogP contribution in [0.5, 0.6) is 0 Å². The van der Waals surface area contributed by atoms with E-state index >= 15 is 0 Å². The van der Waals surface area contributed by atoms with Crippen LogP contribution in [0, 0.1) is 10.1 Å². The first kappa shape index (κ1) is 15.3. The smallest absolute Gasteiger partial charge is 0.288 e. The summed E-state index contributed by atoms with van der Waals surface area (Å²) in [6, 6.07) is 0.780. The summed E-state index contributed by atoms with van der Waals surface area (Å²) in [5.41, 5.74) is -0.369. The van der Waals surface area contributed by atoms with E-state index in [0.29, 0.717) is 6.42 Å². The lowest BCUT2D eigenvalue weighted by Gasteiger charge is -2.15. The number of pyridine rings is 1. The van der Waals surface area contributed by atoms with Gasteiger partial charge in [0.05, 0.1) is 16.6 Å². The number of rotatable bonds is 5. The Morgan fingerprint density at radius 2 is 2.26 bits per heavy atom. The molecule has 0 spiro atoms. The van der Waals surface area contributed by atoms with Crippen molar-refractivity contribution in [2.75, 3.05) is 0 Å². The molecule has 0 saturated carbocycles. The molecule has 0 aliphatic heterocycles. The lowest BCUT2D eigenvalue weighted by Crippen LogP contribution is -2.34. The first-order valence-electron chi connectivity index (χ1n) is 5.60.